The third kappa shape index (κ3) is 4.10. The Balaban J connectivity index is 2.76. The summed E-state index contributed by atoms with van der Waals surface area (Å²) in [4.78, 5) is 11.7. The van der Waals surface area contributed by atoms with Gasteiger partial charge in [-0.3, -0.25) is 4.79 Å². The van der Waals surface area contributed by atoms with Crippen LogP contribution in [0.25, 0.3) is 0 Å². The average molecular weight is 235 g/mol. The van der Waals surface area contributed by atoms with E-state index in [1.54, 1.807) is 0 Å². The first-order chi connectivity index (χ1) is 8.06. The summed E-state index contributed by atoms with van der Waals surface area (Å²) in [5.41, 5.74) is 2.29. The molecular weight excluding hydrogens is 214 g/mol. The molecule has 0 spiro atoms. The molecule has 0 aliphatic carbocycles. The van der Waals surface area contributed by atoms with Crippen LogP contribution in [0.15, 0.2) is 18.2 Å². The van der Waals surface area contributed by atoms with E-state index in [4.69, 9.17) is 4.74 Å². The maximum atomic E-state index is 11.7. The maximum absolute atomic E-state index is 11.7. The standard InChI is InChI=1S/C14H21NO2/c1-5-13(14(16)15-6-2)17-12-8-10(3)7-11(4)9-12/h7-9,13H,5-6H2,1-4H3,(H,15,16). The third-order valence-electron chi connectivity index (χ3n) is 2.49. The third-order valence-corrected chi connectivity index (χ3v) is 2.49. The molecule has 0 aromatic heterocycles. The smallest absolute Gasteiger partial charge is 0.261 e. The molecule has 0 saturated heterocycles. The van der Waals surface area contributed by atoms with Crippen LogP contribution < -0.4 is 10.1 Å². The number of ether oxygens (including phenoxy) is 1. The molecule has 0 radical (unpaired) electrons. The first-order valence-electron chi connectivity index (χ1n) is 6.09. The van der Waals surface area contributed by atoms with Crippen molar-refractivity contribution in [3.63, 3.8) is 0 Å². The Morgan fingerprint density at radius 3 is 2.29 bits per heavy atom. The Morgan fingerprint density at radius 1 is 1.24 bits per heavy atom. The van der Waals surface area contributed by atoms with Crippen molar-refractivity contribution >= 4 is 5.91 Å². The topological polar surface area (TPSA) is 38.3 Å². The number of rotatable bonds is 5. The number of carbonyl (C=O) groups is 1. The fourth-order valence-corrected chi connectivity index (χ4v) is 1.78. The number of carbonyl (C=O) groups excluding carboxylic acids is 1. The van der Waals surface area contributed by atoms with Gasteiger partial charge in [0.15, 0.2) is 6.10 Å². The predicted octanol–water partition coefficient (Wildman–Crippen LogP) is 2.60. The summed E-state index contributed by atoms with van der Waals surface area (Å²) in [7, 11) is 0. The van der Waals surface area contributed by atoms with Crippen molar-refractivity contribution in [2.24, 2.45) is 0 Å². The molecule has 0 heterocycles. The van der Waals surface area contributed by atoms with Crippen LogP contribution in [0.1, 0.15) is 31.4 Å². The van der Waals surface area contributed by atoms with Gasteiger partial charge in [-0.25, -0.2) is 0 Å². The van der Waals surface area contributed by atoms with Crippen LogP contribution in [0.4, 0.5) is 0 Å². The number of hydrogen-bond acceptors (Lipinski definition) is 2. The van der Waals surface area contributed by atoms with Gasteiger partial charge >= 0.3 is 0 Å². The lowest BCUT2D eigenvalue weighted by atomic mass is 10.1. The zero-order valence-corrected chi connectivity index (χ0v) is 11.0. The second-order valence-corrected chi connectivity index (χ2v) is 4.23. The number of aryl methyl sites for hydroxylation is 2. The molecule has 3 heteroatoms. The normalized spacial score (nSPS) is 12.0. The highest BCUT2D eigenvalue weighted by Crippen LogP contribution is 2.18. The first kappa shape index (κ1) is 13.6. The van der Waals surface area contributed by atoms with Gasteiger partial charge in [-0.2, -0.15) is 0 Å². The van der Waals surface area contributed by atoms with E-state index in [2.05, 4.69) is 11.4 Å². The molecule has 1 atom stereocenters. The van der Waals surface area contributed by atoms with E-state index in [-0.39, 0.29) is 5.91 Å². The van der Waals surface area contributed by atoms with E-state index in [0.717, 1.165) is 16.9 Å². The lowest BCUT2D eigenvalue weighted by molar-refractivity contribution is -0.128. The van der Waals surface area contributed by atoms with E-state index in [9.17, 15) is 4.79 Å². The minimum atomic E-state index is -0.406. The Bertz CT molecular complexity index is 368. The molecule has 1 N–H and O–H groups in total. The van der Waals surface area contributed by atoms with Crippen molar-refractivity contribution in [3.8, 4) is 5.75 Å². The minimum absolute atomic E-state index is 0.0471. The Hall–Kier alpha value is -1.51. The summed E-state index contributed by atoms with van der Waals surface area (Å²) in [5.74, 6) is 0.717. The molecule has 1 aromatic carbocycles. The average Bonchev–Trinajstić information content (AvgIpc) is 2.24. The fourth-order valence-electron chi connectivity index (χ4n) is 1.78. The quantitative estimate of drug-likeness (QED) is 0.852. The zero-order valence-electron chi connectivity index (χ0n) is 11.0. The van der Waals surface area contributed by atoms with E-state index in [1.165, 1.54) is 0 Å². The molecule has 0 fully saturated rings. The first-order valence-corrected chi connectivity index (χ1v) is 6.09. The van der Waals surface area contributed by atoms with Crippen molar-refractivity contribution in [2.75, 3.05) is 6.54 Å². The van der Waals surface area contributed by atoms with E-state index >= 15 is 0 Å². The van der Waals surface area contributed by atoms with Crippen molar-refractivity contribution in [1.82, 2.24) is 5.32 Å². The molecule has 94 valence electrons. The van der Waals surface area contributed by atoms with Crippen LogP contribution in [0.2, 0.25) is 0 Å². The fraction of sp³-hybridized carbons (Fsp3) is 0.500. The molecule has 1 unspecified atom stereocenters. The van der Waals surface area contributed by atoms with Gasteiger partial charge in [0.05, 0.1) is 0 Å². The van der Waals surface area contributed by atoms with Crippen molar-refractivity contribution < 1.29 is 9.53 Å². The molecule has 0 aliphatic heterocycles. The summed E-state index contributed by atoms with van der Waals surface area (Å²) >= 11 is 0. The Morgan fingerprint density at radius 2 is 1.82 bits per heavy atom. The van der Waals surface area contributed by atoms with Crippen LogP contribution in [-0.4, -0.2) is 18.6 Å². The van der Waals surface area contributed by atoms with Crippen LogP contribution in [0.3, 0.4) is 0 Å². The number of benzene rings is 1. The Labute approximate surface area is 103 Å². The van der Waals surface area contributed by atoms with Crippen LogP contribution in [0, 0.1) is 13.8 Å². The second-order valence-electron chi connectivity index (χ2n) is 4.23. The lowest BCUT2D eigenvalue weighted by Crippen LogP contribution is -2.37. The van der Waals surface area contributed by atoms with Gasteiger partial charge in [0.1, 0.15) is 5.75 Å². The second kappa shape index (κ2) is 6.28. The molecule has 1 amide bonds. The molecule has 0 saturated carbocycles. The molecule has 0 aliphatic rings. The number of hydrogen-bond donors (Lipinski definition) is 1. The highest BCUT2D eigenvalue weighted by atomic mass is 16.5. The van der Waals surface area contributed by atoms with Gasteiger partial charge in [0.25, 0.3) is 5.91 Å². The summed E-state index contributed by atoms with van der Waals surface area (Å²) in [6.07, 6.45) is 0.259. The van der Waals surface area contributed by atoms with E-state index in [0.29, 0.717) is 13.0 Å². The van der Waals surface area contributed by atoms with Crippen molar-refractivity contribution in [3.05, 3.63) is 29.3 Å². The summed E-state index contributed by atoms with van der Waals surface area (Å²) in [6, 6.07) is 5.99. The molecular formula is C14H21NO2. The largest absolute Gasteiger partial charge is 0.481 e. The van der Waals surface area contributed by atoms with Crippen LogP contribution in [-0.2, 0) is 4.79 Å². The van der Waals surface area contributed by atoms with Gasteiger partial charge in [-0.15, -0.1) is 0 Å². The van der Waals surface area contributed by atoms with Gasteiger partial charge in [0.2, 0.25) is 0 Å². The minimum Gasteiger partial charge on any atom is -0.481 e. The monoisotopic (exact) mass is 235 g/mol. The van der Waals surface area contributed by atoms with Crippen molar-refractivity contribution in [2.45, 2.75) is 40.2 Å². The lowest BCUT2D eigenvalue weighted by Gasteiger charge is -2.17. The zero-order chi connectivity index (χ0) is 12.8. The van der Waals surface area contributed by atoms with Gasteiger partial charge < -0.3 is 10.1 Å². The Kier molecular flexibility index (Phi) is 5.01. The predicted molar refractivity (Wildman–Crippen MR) is 69.3 cm³/mol. The van der Waals surface area contributed by atoms with Gasteiger partial charge in [0, 0.05) is 6.54 Å². The van der Waals surface area contributed by atoms with Gasteiger partial charge in [-0.1, -0.05) is 13.0 Å². The molecule has 1 aromatic rings. The van der Waals surface area contributed by atoms with E-state index < -0.39 is 6.10 Å². The summed E-state index contributed by atoms with van der Waals surface area (Å²) < 4.78 is 5.73. The van der Waals surface area contributed by atoms with Crippen molar-refractivity contribution in [1.29, 1.82) is 0 Å². The highest BCUT2D eigenvalue weighted by molar-refractivity contribution is 5.81. The van der Waals surface area contributed by atoms with E-state index in [1.807, 2.05) is 39.8 Å². The van der Waals surface area contributed by atoms with Gasteiger partial charge in [-0.05, 0) is 50.5 Å². The van der Waals surface area contributed by atoms with Crippen LogP contribution >= 0.6 is 0 Å². The summed E-state index contributed by atoms with van der Waals surface area (Å²) in [6.45, 7) is 8.52. The number of likely N-dealkylation sites (N-methyl/N-ethyl adjacent to an activating group) is 1. The SMILES string of the molecule is CCNC(=O)C(CC)Oc1cc(C)cc(C)c1. The molecule has 17 heavy (non-hydrogen) atoms. The molecule has 3 nitrogen and oxygen atoms in total. The molecule has 1 rings (SSSR count). The number of nitrogens with one attached hydrogen (secondary N) is 1. The van der Waals surface area contributed by atoms with Crippen LogP contribution in [0.5, 0.6) is 5.75 Å². The maximum Gasteiger partial charge on any atom is 0.261 e. The summed E-state index contributed by atoms with van der Waals surface area (Å²) in [5, 5.41) is 2.78. The highest BCUT2D eigenvalue weighted by Gasteiger charge is 2.17. The number of amides is 1. The molecule has 0 bridgehead atoms.